The van der Waals surface area contributed by atoms with Crippen molar-refractivity contribution in [2.45, 2.75) is 51.6 Å². The second kappa shape index (κ2) is 11.2. The Hall–Kier alpha value is -3.29. The van der Waals surface area contributed by atoms with Crippen molar-refractivity contribution in [2.75, 3.05) is 10.6 Å². The maximum Gasteiger partial charge on any atom is 0.237 e. The standard InChI is InChI=1S/C28H30ClN5OS/c1-17-9-13-23(14-10-17)34-25(16-30-22-12-11-18(2)24(29)15-22)32-33-28(34)36-21(5)27(35)31-26-19(3)7-6-8-20(26)4/h6-15,21,30H,16H2,1-5H3,(H,31,35)/t21-/m0/s1. The summed E-state index contributed by atoms with van der Waals surface area (Å²) in [6.45, 7) is 10.3. The molecule has 0 unspecified atom stereocenters. The number of anilines is 2. The van der Waals surface area contributed by atoms with Crippen molar-refractivity contribution in [1.29, 1.82) is 0 Å². The number of carbonyl (C=O) groups is 1. The molecule has 0 fully saturated rings. The Bertz CT molecular complexity index is 1360. The van der Waals surface area contributed by atoms with Crippen LogP contribution in [0.25, 0.3) is 5.69 Å². The van der Waals surface area contributed by atoms with Crippen LogP contribution in [0.1, 0.15) is 35.0 Å². The number of para-hydroxylation sites is 1. The van der Waals surface area contributed by atoms with E-state index in [9.17, 15) is 4.79 Å². The van der Waals surface area contributed by atoms with E-state index in [0.29, 0.717) is 16.7 Å². The van der Waals surface area contributed by atoms with Crippen molar-refractivity contribution in [2.24, 2.45) is 0 Å². The molecule has 0 aliphatic rings. The zero-order valence-electron chi connectivity index (χ0n) is 21.1. The molecular formula is C28H30ClN5OS. The number of nitrogens with one attached hydrogen (secondary N) is 2. The van der Waals surface area contributed by atoms with Crippen LogP contribution < -0.4 is 10.6 Å². The normalized spacial score (nSPS) is 11.8. The van der Waals surface area contributed by atoms with Crippen molar-refractivity contribution < 1.29 is 4.79 Å². The quantitative estimate of drug-likeness (QED) is 0.248. The van der Waals surface area contributed by atoms with Gasteiger partial charge in [0.05, 0.1) is 11.8 Å². The second-order valence-electron chi connectivity index (χ2n) is 8.90. The lowest BCUT2D eigenvalue weighted by molar-refractivity contribution is -0.115. The molecule has 1 heterocycles. The highest BCUT2D eigenvalue weighted by molar-refractivity contribution is 8.00. The molecule has 0 saturated carbocycles. The molecule has 1 amide bonds. The maximum absolute atomic E-state index is 13.1. The Morgan fingerprint density at radius 2 is 1.67 bits per heavy atom. The second-order valence-corrected chi connectivity index (χ2v) is 10.6. The Morgan fingerprint density at radius 3 is 2.33 bits per heavy atom. The van der Waals surface area contributed by atoms with Gasteiger partial charge >= 0.3 is 0 Å². The number of nitrogens with zero attached hydrogens (tertiary/aromatic N) is 3. The van der Waals surface area contributed by atoms with E-state index >= 15 is 0 Å². The first-order valence-corrected chi connectivity index (χ1v) is 13.0. The molecule has 36 heavy (non-hydrogen) atoms. The van der Waals surface area contributed by atoms with Gasteiger partial charge in [0.2, 0.25) is 5.91 Å². The van der Waals surface area contributed by atoms with E-state index in [-0.39, 0.29) is 11.2 Å². The smallest absolute Gasteiger partial charge is 0.237 e. The van der Waals surface area contributed by atoms with E-state index in [0.717, 1.165) is 45.1 Å². The monoisotopic (exact) mass is 519 g/mol. The number of aromatic nitrogens is 3. The predicted molar refractivity (Wildman–Crippen MR) is 149 cm³/mol. The Kier molecular flexibility index (Phi) is 8.01. The van der Waals surface area contributed by atoms with Gasteiger partial charge < -0.3 is 10.6 Å². The molecule has 0 spiro atoms. The molecule has 4 rings (SSSR count). The maximum atomic E-state index is 13.1. The van der Waals surface area contributed by atoms with E-state index in [1.807, 2.05) is 80.8 Å². The van der Waals surface area contributed by atoms with Crippen LogP contribution in [-0.4, -0.2) is 25.9 Å². The molecule has 0 saturated heterocycles. The highest BCUT2D eigenvalue weighted by Crippen LogP contribution is 2.28. The zero-order chi connectivity index (χ0) is 25.8. The van der Waals surface area contributed by atoms with Gasteiger partial charge in [-0.05, 0) is 75.6 Å². The lowest BCUT2D eigenvalue weighted by atomic mass is 10.1. The summed E-state index contributed by atoms with van der Waals surface area (Å²) >= 11 is 7.68. The Morgan fingerprint density at radius 1 is 0.972 bits per heavy atom. The minimum Gasteiger partial charge on any atom is -0.378 e. The molecule has 3 aromatic carbocycles. The van der Waals surface area contributed by atoms with Crippen LogP contribution >= 0.6 is 23.4 Å². The number of aryl methyl sites for hydroxylation is 4. The van der Waals surface area contributed by atoms with Gasteiger partial charge in [-0.2, -0.15) is 0 Å². The number of hydrogen-bond acceptors (Lipinski definition) is 5. The summed E-state index contributed by atoms with van der Waals surface area (Å²) in [7, 11) is 0. The Balaban J connectivity index is 1.57. The van der Waals surface area contributed by atoms with Crippen LogP contribution in [0.5, 0.6) is 0 Å². The number of rotatable bonds is 8. The average Bonchev–Trinajstić information content (AvgIpc) is 3.24. The van der Waals surface area contributed by atoms with Gasteiger partial charge in [-0.15, -0.1) is 10.2 Å². The molecule has 4 aromatic rings. The van der Waals surface area contributed by atoms with Crippen LogP contribution in [0.15, 0.2) is 65.8 Å². The predicted octanol–water partition coefficient (Wildman–Crippen LogP) is 6.89. The van der Waals surface area contributed by atoms with Crippen molar-refractivity contribution >= 4 is 40.6 Å². The van der Waals surface area contributed by atoms with Crippen LogP contribution in [0.2, 0.25) is 5.02 Å². The molecule has 0 aliphatic carbocycles. The minimum absolute atomic E-state index is 0.0789. The van der Waals surface area contributed by atoms with Gasteiger partial charge in [-0.25, -0.2) is 0 Å². The highest BCUT2D eigenvalue weighted by atomic mass is 35.5. The minimum atomic E-state index is -0.380. The first kappa shape index (κ1) is 25.8. The largest absolute Gasteiger partial charge is 0.378 e. The summed E-state index contributed by atoms with van der Waals surface area (Å²) < 4.78 is 2.00. The number of hydrogen-bond donors (Lipinski definition) is 2. The molecule has 8 heteroatoms. The van der Waals surface area contributed by atoms with Crippen molar-refractivity contribution in [3.63, 3.8) is 0 Å². The van der Waals surface area contributed by atoms with Crippen LogP contribution in [0, 0.1) is 27.7 Å². The third kappa shape index (κ3) is 5.91. The highest BCUT2D eigenvalue weighted by Gasteiger charge is 2.22. The molecule has 1 aromatic heterocycles. The summed E-state index contributed by atoms with van der Waals surface area (Å²) in [5.74, 6) is 0.658. The van der Waals surface area contributed by atoms with Gasteiger partial charge in [0.25, 0.3) is 0 Å². The number of carbonyl (C=O) groups excluding carboxylic acids is 1. The number of benzene rings is 3. The topological polar surface area (TPSA) is 71.8 Å². The Labute approximate surface area is 221 Å². The number of halogens is 1. The zero-order valence-corrected chi connectivity index (χ0v) is 22.7. The third-order valence-electron chi connectivity index (χ3n) is 6.00. The fraction of sp³-hybridized carbons (Fsp3) is 0.250. The summed E-state index contributed by atoms with van der Waals surface area (Å²) in [4.78, 5) is 13.1. The molecule has 0 radical (unpaired) electrons. The molecule has 186 valence electrons. The van der Waals surface area contributed by atoms with Crippen LogP contribution in [-0.2, 0) is 11.3 Å². The first-order valence-electron chi connectivity index (χ1n) is 11.8. The summed E-state index contributed by atoms with van der Waals surface area (Å²) in [5.41, 5.74) is 6.96. The summed E-state index contributed by atoms with van der Waals surface area (Å²) in [6.07, 6.45) is 0. The van der Waals surface area contributed by atoms with E-state index in [4.69, 9.17) is 11.6 Å². The lowest BCUT2D eigenvalue weighted by Crippen LogP contribution is -2.24. The van der Waals surface area contributed by atoms with E-state index in [2.05, 4.69) is 39.9 Å². The van der Waals surface area contributed by atoms with Crippen molar-refractivity contribution in [3.05, 3.63) is 93.8 Å². The molecule has 0 bridgehead atoms. The SMILES string of the molecule is Cc1ccc(-n2c(CNc3ccc(C)c(Cl)c3)nnc2S[C@@H](C)C(=O)Nc2c(C)cccc2C)cc1. The fourth-order valence-corrected chi connectivity index (χ4v) is 4.84. The van der Waals surface area contributed by atoms with Crippen molar-refractivity contribution in [1.82, 2.24) is 14.8 Å². The number of thioether (sulfide) groups is 1. The van der Waals surface area contributed by atoms with E-state index < -0.39 is 0 Å². The van der Waals surface area contributed by atoms with Crippen molar-refractivity contribution in [3.8, 4) is 5.69 Å². The van der Waals surface area contributed by atoms with Crippen LogP contribution in [0.3, 0.4) is 0 Å². The average molecular weight is 520 g/mol. The molecule has 6 nitrogen and oxygen atoms in total. The van der Waals surface area contributed by atoms with Gasteiger partial charge in [-0.1, -0.05) is 65.3 Å². The van der Waals surface area contributed by atoms with Gasteiger partial charge in [0.1, 0.15) is 0 Å². The third-order valence-corrected chi connectivity index (χ3v) is 7.45. The van der Waals surface area contributed by atoms with E-state index in [1.54, 1.807) is 0 Å². The molecular weight excluding hydrogens is 490 g/mol. The van der Waals surface area contributed by atoms with Gasteiger partial charge in [-0.3, -0.25) is 9.36 Å². The van der Waals surface area contributed by atoms with Gasteiger partial charge in [0.15, 0.2) is 11.0 Å². The molecule has 0 aliphatic heterocycles. The van der Waals surface area contributed by atoms with E-state index in [1.165, 1.54) is 11.8 Å². The number of amides is 1. The fourth-order valence-electron chi connectivity index (χ4n) is 3.78. The lowest BCUT2D eigenvalue weighted by Gasteiger charge is -2.16. The van der Waals surface area contributed by atoms with Crippen LogP contribution in [0.4, 0.5) is 11.4 Å². The summed E-state index contributed by atoms with van der Waals surface area (Å²) in [6, 6.07) is 20.0. The summed E-state index contributed by atoms with van der Waals surface area (Å²) in [5, 5.41) is 16.4. The molecule has 1 atom stereocenters. The van der Waals surface area contributed by atoms with Gasteiger partial charge in [0, 0.05) is 22.1 Å². The first-order chi connectivity index (χ1) is 17.2. The molecule has 2 N–H and O–H groups in total.